The van der Waals surface area contributed by atoms with E-state index in [9.17, 15) is 14.9 Å². The molecule has 0 aliphatic rings. The maximum atomic E-state index is 11.0. The van der Waals surface area contributed by atoms with Crippen LogP contribution >= 0.6 is 0 Å². The number of para-hydroxylation sites is 1. The molecule has 0 fully saturated rings. The quantitative estimate of drug-likeness (QED) is 0.624. The predicted octanol–water partition coefficient (Wildman–Crippen LogP) is 1.43. The summed E-state index contributed by atoms with van der Waals surface area (Å²) < 4.78 is 0. The summed E-state index contributed by atoms with van der Waals surface area (Å²) >= 11 is 0. The van der Waals surface area contributed by atoms with Gasteiger partial charge >= 0.3 is 5.69 Å². The van der Waals surface area contributed by atoms with E-state index in [1.807, 2.05) is 0 Å². The summed E-state index contributed by atoms with van der Waals surface area (Å²) in [7, 11) is 0. The number of nitrogens with one attached hydrogen (secondary N) is 1. The number of aromatic nitrogens is 1. The van der Waals surface area contributed by atoms with Gasteiger partial charge in [0.25, 0.3) is 0 Å². The molecule has 0 saturated carbocycles. The van der Waals surface area contributed by atoms with Crippen molar-refractivity contribution in [1.82, 2.24) is 4.98 Å². The molecule has 7 nitrogen and oxygen atoms in total. The van der Waals surface area contributed by atoms with Crippen LogP contribution in [0.3, 0.4) is 0 Å². The van der Waals surface area contributed by atoms with Crippen molar-refractivity contribution in [2.45, 2.75) is 6.42 Å². The lowest BCUT2D eigenvalue weighted by Crippen LogP contribution is -2.16. The van der Waals surface area contributed by atoms with Gasteiger partial charge in [0.2, 0.25) is 5.91 Å². The second-order valence-corrected chi connectivity index (χ2v) is 3.94. The predicted molar refractivity (Wildman–Crippen MR) is 70.7 cm³/mol. The first-order chi connectivity index (χ1) is 9.09. The monoisotopic (exact) mass is 260 g/mol. The van der Waals surface area contributed by atoms with Gasteiger partial charge in [0.1, 0.15) is 11.9 Å². The number of hydrogen-bond donors (Lipinski definition) is 2. The second-order valence-electron chi connectivity index (χ2n) is 3.94. The molecule has 7 heteroatoms. The first-order valence-corrected chi connectivity index (χ1v) is 5.64. The number of carbonyl (C=O) groups excluding carboxylic acids is 1. The van der Waals surface area contributed by atoms with Crippen LogP contribution in [0.25, 0.3) is 10.9 Å². The van der Waals surface area contributed by atoms with Gasteiger partial charge in [-0.15, -0.1) is 0 Å². The van der Waals surface area contributed by atoms with Gasteiger partial charge in [-0.2, -0.15) is 0 Å². The van der Waals surface area contributed by atoms with Crippen LogP contribution in [0.5, 0.6) is 0 Å². The molecular weight excluding hydrogens is 248 g/mol. The van der Waals surface area contributed by atoms with Crippen molar-refractivity contribution in [3.63, 3.8) is 0 Å². The van der Waals surface area contributed by atoms with E-state index in [1.54, 1.807) is 24.3 Å². The van der Waals surface area contributed by atoms with Gasteiger partial charge in [0.15, 0.2) is 0 Å². The number of nitrogens with zero attached hydrogens (tertiary/aromatic N) is 2. The van der Waals surface area contributed by atoms with Crippen molar-refractivity contribution < 1.29 is 9.72 Å². The van der Waals surface area contributed by atoms with Crippen molar-refractivity contribution in [1.29, 1.82) is 0 Å². The third-order valence-electron chi connectivity index (χ3n) is 2.63. The number of fused-ring (bicyclic) bond motifs is 1. The van der Waals surface area contributed by atoms with Crippen LogP contribution in [0, 0.1) is 10.1 Å². The minimum absolute atomic E-state index is 0.105. The Morgan fingerprint density at radius 1 is 1.42 bits per heavy atom. The van der Waals surface area contributed by atoms with Crippen LogP contribution < -0.4 is 11.1 Å². The van der Waals surface area contributed by atoms with Crippen molar-refractivity contribution >= 4 is 28.2 Å². The summed E-state index contributed by atoms with van der Waals surface area (Å²) in [5, 5.41) is 14.5. The van der Waals surface area contributed by atoms with E-state index in [-0.39, 0.29) is 18.7 Å². The lowest BCUT2D eigenvalue weighted by Gasteiger charge is -2.09. The van der Waals surface area contributed by atoms with Crippen LogP contribution in [0.2, 0.25) is 0 Å². The fourth-order valence-corrected chi connectivity index (χ4v) is 1.77. The molecule has 3 N–H and O–H groups in total. The molecule has 1 heterocycles. The van der Waals surface area contributed by atoms with Gasteiger partial charge < -0.3 is 11.1 Å². The third-order valence-corrected chi connectivity index (χ3v) is 2.63. The average Bonchev–Trinajstić information content (AvgIpc) is 2.38. The molecule has 2 aromatic rings. The van der Waals surface area contributed by atoms with Crippen LogP contribution in [-0.2, 0) is 4.79 Å². The molecule has 1 aromatic heterocycles. The van der Waals surface area contributed by atoms with Gasteiger partial charge in [-0.25, -0.2) is 4.98 Å². The van der Waals surface area contributed by atoms with Gasteiger partial charge in [-0.05, 0) is 6.07 Å². The van der Waals surface area contributed by atoms with Crippen LogP contribution in [0.1, 0.15) is 6.42 Å². The summed E-state index contributed by atoms with van der Waals surface area (Å²) in [5.41, 5.74) is 5.93. The number of nitro groups is 1. The van der Waals surface area contributed by atoms with E-state index in [1.165, 1.54) is 6.20 Å². The molecule has 98 valence electrons. The van der Waals surface area contributed by atoms with Crippen LogP contribution in [0.4, 0.5) is 11.4 Å². The van der Waals surface area contributed by atoms with Crippen LogP contribution in [0.15, 0.2) is 30.5 Å². The van der Waals surface area contributed by atoms with Crippen molar-refractivity contribution in [3.05, 3.63) is 40.6 Å². The summed E-state index contributed by atoms with van der Waals surface area (Å²) in [6.07, 6.45) is 1.31. The highest BCUT2D eigenvalue weighted by Gasteiger charge is 2.17. The maximum Gasteiger partial charge on any atom is 0.311 e. The van der Waals surface area contributed by atoms with Crippen molar-refractivity contribution in [2.75, 3.05) is 11.9 Å². The Labute approximate surface area is 108 Å². The zero-order chi connectivity index (χ0) is 13.8. The average molecular weight is 260 g/mol. The Hall–Kier alpha value is -2.70. The molecule has 0 saturated heterocycles. The van der Waals surface area contributed by atoms with Gasteiger partial charge in [0, 0.05) is 18.4 Å². The van der Waals surface area contributed by atoms with E-state index >= 15 is 0 Å². The topological polar surface area (TPSA) is 111 Å². The highest BCUT2D eigenvalue weighted by atomic mass is 16.6. The first-order valence-electron chi connectivity index (χ1n) is 5.64. The molecule has 2 rings (SSSR count). The fourth-order valence-electron chi connectivity index (χ4n) is 1.77. The normalized spacial score (nSPS) is 10.3. The van der Waals surface area contributed by atoms with Crippen molar-refractivity contribution in [3.8, 4) is 0 Å². The van der Waals surface area contributed by atoms with Gasteiger partial charge in [0.05, 0.1) is 10.4 Å². The Kier molecular flexibility index (Phi) is 3.56. The standard InChI is InChI=1S/C12H12N4O3/c13-11(17)5-6-14-12-8-3-1-2-4-9(8)15-7-10(12)16(18)19/h1-4,7H,5-6H2,(H2,13,17)(H,14,15). The summed E-state index contributed by atoms with van der Waals surface area (Å²) in [4.78, 5) is 25.2. The Bertz CT molecular complexity index is 642. The number of primary amides is 1. The number of amides is 1. The Morgan fingerprint density at radius 3 is 2.84 bits per heavy atom. The number of nitrogens with two attached hydrogens (primary N) is 1. The highest BCUT2D eigenvalue weighted by molar-refractivity contribution is 5.95. The fraction of sp³-hybridized carbons (Fsp3) is 0.167. The molecular formula is C12H12N4O3. The number of pyridine rings is 1. The van der Waals surface area contributed by atoms with E-state index < -0.39 is 10.8 Å². The largest absolute Gasteiger partial charge is 0.378 e. The Morgan fingerprint density at radius 2 is 2.16 bits per heavy atom. The number of carbonyl (C=O) groups is 1. The van der Waals surface area contributed by atoms with E-state index in [0.29, 0.717) is 16.6 Å². The third kappa shape index (κ3) is 2.76. The molecule has 0 unspecified atom stereocenters. The molecule has 0 aliphatic heterocycles. The second kappa shape index (κ2) is 5.30. The summed E-state index contributed by atoms with van der Waals surface area (Å²) in [6.45, 7) is 0.240. The number of rotatable bonds is 5. The summed E-state index contributed by atoms with van der Waals surface area (Å²) in [6, 6.07) is 7.07. The molecule has 1 amide bonds. The number of hydrogen-bond acceptors (Lipinski definition) is 5. The molecule has 0 spiro atoms. The van der Waals surface area contributed by atoms with E-state index in [4.69, 9.17) is 5.73 Å². The molecule has 0 bridgehead atoms. The lowest BCUT2D eigenvalue weighted by atomic mass is 10.1. The Balaban J connectivity index is 2.43. The molecule has 0 atom stereocenters. The van der Waals surface area contributed by atoms with Gasteiger partial charge in [-0.1, -0.05) is 18.2 Å². The molecule has 1 aromatic carbocycles. The highest BCUT2D eigenvalue weighted by Crippen LogP contribution is 2.31. The molecule has 0 aliphatic carbocycles. The SMILES string of the molecule is NC(=O)CCNc1c([N+](=O)[O-])cnc2ccccc12. The minimum atomic E-state index is -0.508. The molecule has 19 heavy (non-hydrogen) atoms. The van der Waals surface area contributed by atoms with E-state index in [0.717, 1.165) is 0 Å². The smallest absolute Gasteiger partial charge is 0.311 e. The maximum absolute atomic E-state index is 11.0. The zero-order valence-electron chi connectivity index (χ0n) is 10.00. The number of anilines is 1. The minimum Gasteiger partial charge on any atom is -0.378 e. The van der Waals surface area contributed by atoms with Crippen LogP contribution in [-0.4, -0.2) is 22.4 Å². The number of benzene rings is 1. The zero-order valence-corrected chi connectivity index (χ0v) is 10.00. The first kappa shape index (κ1) is 12.7. The summed E-state index contributed by atoms with van der Waals surface area (Å²) in [5.74, 6) is -0.464. The van der Waals surface area contributed by atoms with E-state index in [2.05, 4.69) is 10.3 Å². The lowest BCUT2D eigenvalue weighted by molar-refractivity contribution is -0.384. The molecule has 0 radical (unpaired) electrons. The van der Waals surface area contributed by atoms with Crippen molar-refractivity contribution in [2.24, 2.45) is 5.73 Å². The van der Waals surface area contributed by atoms with Gasteiger partial charge in [-0.3, -0.25) is 14.9 Å².